The van der Waals surface area contributed by atoms with Gasteiger partial charge in [-0.2, -0.15) is 0 Å². The van der Waals surface area contributed by atoms with Gasteiger partial charge in [0, 0.05) is 156 Å². The van der Waals surface area contributed by atoms with Crippen LogP contribution in [0, 0.1) is 20.8 Å². The van der Waals surface area contributed by atoms with Crippen LogP contribution < -0.4 is 30.7 Å². The number of fused-ring (bicyclic) bond motifs is 3. The molecule has 684 valence electrons. The lowest BCUT2D eigenvalue weighted by Crippen LogP contribution is -2.43. The molecule has 6 aliphatic rings. The summed E-state index contributed by atoms with van der Waals surface area (Å²) in [4.78, 5) is 147. The van der Waals surface area contributed by atoms with Crippen molar-refractivity contribution in [3.8, 4) is 17.2 Å². The van der Waals surface area contributed by atoms with E-state index in [0.29, 0.717) is 165 Å². The number of imidazole rings is 3. The monoisotopic (exact) mass is 1920 g/mol. The van der Waals surface area contributed by atoms with Crippen molar-refractivity contribution in [2.45, 2.75) is 184 Å². The number of aromatic nitrogens is 9. The normalized spacial score (nSPS) is 16.6. The predicted octanol–water partition coefficient (Wildman–Crippen LogP) is 18.3. The molecule has 0 unspecified atom stereocenters. The Kier molecular flexibility index (Phi) is 36.9. The number of aromatic hydroxyl groups is 1. The van der Waals surface area contributed by atoms with Crippen LogP contribution in [0.1, 0.15) is 201 Å². The average Bonchev–Trinajstić information content (AvgIpc) is 1.62. The van der Waals surface area contributed by atoms with Gasteiger partial charge in [0.25, 0.3) is 24.2 Å². The van der Waals surface area contributed by atoms with Crippen molar-refractivity contribution in [2.75, 3.05) is 99.4 Å². The number of nitrogens with one attached hydrogen (secondary N) is 4. The number of phenols is 1. The minimum absolute atomic E-state index is 0. The number of benzene rings is 3. The zero-order chi connectivity index (χ0) is 91.1. The zero-order valence-corrected chi connectivity index (χ0v) is 76.1. The van der Waals surface area contributed by atoms with E-state index in [4.69, 9.17) is 69.9 Å². The average molecular weight is 1920 g/mol. The first-order valence-corrected chi connectivity index (χ1v) is 43.9. The maximum atomic E-state index is 13.3. The van der Waals surface area contributed by atoms with E-state index in [9.17, 15) is 43.5 Å². The number of hydrogen-bond donors (Lipinski definition) is 5. The Hall–Kier alpha value is -11.2. The molecule has 3 atom stereocenters. The number of rotatable bonds is 14. The second-order valence-corrected chi connectivity index (χ2v) is 33.6. The van der Waals surface area contributed by atoms with Gasteiger partial charge in [-0.25, -0.2) is 34.1 Å². The molecule has 8 amide bonds. The lowest BCUT2D eigenvalue weighted by molar-refractivity contribution is -0.126. The van der Waals surface area contributed by atoms with Crippen LogP contribution in [0.15, 0.2) is 117 Å². The Balaban J connectivity index is 0.000000221. The molecule has 6 fully saturated rings. The van der Waals surface area contributed by atoms with E-state index in [2.05, 4.69) is 59.1 Å². The Morgan fingerprint density at radius 2 is 0.819 bits per heavy atom. The van der Waals surface area contributed by atoms with E-state index in [0.717, 1.165) is 82.6 Å². The first-order chi connectivity index (χ1) is 60.2. The van der Waals surface area contributed by atoms with Gasteiger partial charge in [0.1, 0.15) is 28.5 Å². The largest absolute Gasteiger partial charge is 0.508 e. The molecular weight excluding hydrogens is 1810 g/mol. The standard InChI is InChI=1S/C29H35ClN6O5.C27H29ClN6O4.C25H30ClN5O4.C3H7N.C3H4O2.CH3I.2CH4/c1-18-14-19(9-10-31-18)25(37)33-26-32-23-16-21(40-27(38)34-12-7-13-34)15-22(30)24(23)36(26)20-8-5-6-11-35(17-20)28(39)41-29(2,3)4;1-3-23(35)33-10-5-4-7-19(16-33)34-24-21(28)14-20(38-27(37)32-11-6-12-32)15-22(24)30-26(34)31-25(36)18-8-9-29-17(2)13-18;1-15-11-16(8-9-27-15)22(33)29-23-28-20-13-18(32)12-19(26)21(20)31(23)17-7-5-6-10-30(14-17)24(34)35-25(2,3)4;1-2-4-3-1;1-2-5-3-4;1-2;;/h9-10,14-16,20H,5-8,11-13,17H2,1-4H3,(H,32,33,37);3,8-9,13-15,19H,1,4-7,10-12,16H2,2H3,(H,30,31,36);8-9,11-13,17,32H,5-7,10,14H2,1-4H3,(H,28,29,33);4H,1-3H2;2-3H,1H2;1H3;2*1H4/t20-;19-;17-;;;;;/m111...../s1/i;;;;;1D;;. The Labute approximate surface area is 770 Å². The molecule has 0 radical (unpaired) electrons. The second-order valence-electron chi connectivity index (χ2n) is 32.4. The van der Waals surface area contributed by atoms with Crippen LogP contribution in [0.3, 0.4) is 0 Å². The van der Waals surface area contributed by atoms with Crippen molar-refractivity contribution in [3.05, 3.63) is 166 Å². The number of nitrogens with zero attached hydrogens (tertiary/aromatic N) is 14. The first kappa shape index (κ1) is 99.6. The van der Waals surface area contributed by atoms with Gasteiger partial charge in [-0.1, -0.05) is 85.4 Å². The molecule has 9 aromatic rings. The van der Waals surface area contributed by atoms with Gasteiger partial charge in [-0.15, -0.1) is 0 Å². The molecule has 6 aliphatic heterocycles. The summed E-state index contributed by atoms with van der Waals surface area (Å²) in [7, 11) is 0. The van der Waals surface area contributed by atoms with Crippen LogP contribution in [0.5, 0.6) is 17.2 Å². The smallest absolute Gasteiger partial charge is 0.415 e. The predicted molar refractivity (Wildman–Crippen MR) is 500 cm³/mol. The number of carbonyl (C=O) groups is 9. The highest BCUT2D eigenvalue weighted by Gasteiger charge is 2.36. The zero-order valence-electron chi connectivity index (χ0n) is 72.7. The minimum Gasteiger partial charge on any atom is -0.508 e. The number of pyridine rings is 3. The number of halogens is 4. The molecule has 15 rings (SSSR count). The number of amides is 8. The van der Waals surface area contributed by atoms with E-state index >= 15 is 0 Å². The summed E-state index contributed by atoms with van der Waals surface area (Å²) in [5, 5.41) is 22.9. The molecule has 6 saturated heterocycles. The van der Waals surface area contributed by atoms with Crippen molar-refractivity contribution in [2.24, 2.45) is 0 Å². The van der Waals surface area contributed by atoms with Crippen molar-refractivity contribution < 1.29 is 73.3 Å². The quantitative estimate of drug-likeness (QED) is 0.0169. The molecule has 127 heavy (non-hydrogen) atoms. The van der Waals surface area contributed by atoms with Gasteiger partial charge in [-0.05, 0) is 200 Å². The molecule has 0 aliphatic carbocycles. The number of alkyl halides is 1. The molecule has 6 aromatic heterocycles. The maximum absolute atomic E-state index is 13.3. The van der Waals surface area contributed by atoms with Crippen LogP contribution >= 0.6 is 57.4 Å². The summed E-state index contributed by atoms with van der Waals surface area (Å²) in [6, 6.07) is 18.7. The van der Waals surface area contributed by atoms with Gasteiger partial charge in [-0.3, -0.25) is 54.9 Å². The fourth-order valence-electron chi connectivity index (χ4n) is 14.4. The van der Waals surface area contributed by atoms with Crippen LogP contribution in [-0.4, -0.2) is 222 Å². The Morgan fingerprint density at radius 1 is 0.496 bits per heavy atom. The molecular formula is C90H116Cl3IN18O15. The molecule has 0 spiro atoms. The lowest BCUT2D eigenvalue weighted by Gasteiger charge is -2.30. The molecule has 0 saturated carbocycles. The number of phenolic OH excluding ortho intramolecular Hbond substituents is 1. The number of anilines is 3. The van der Waals surface area contributed by atoms with Crippen molar-refractivity contribution in [3.63, 3.8) is 0 Å². The summed E-state index contributed by atoms with van der Waals surface area (Å²) < 4.78 is 38.1. The summed E-state index contributed by atoms with van der Waals surface area (Å²) in [5.41, 5.74) is 5.35. The highest BCUT2D eigenvalue weighted by molar-refractivity contribution is 14.1. The highest BCUT2D eigenvalue weighted by Crippen LogP contribution is 2.41. The van der Waals surface area contributed by atoms with Gasteiger partial charge in [0.05, 0.1) is 72.6 Å². The molecule has 5 N–H and O–H groups in total. The third kappa shape index (κ3) is 27.7. The van der Waals surface area contributed by atoms with Crippen molar-refractivity contribution >= 4 is 163 Å². The SMILES string of the molecule is C.C.C1CNC1.C=CC(=O)N1CCCC[C@@H](n2c(NC(=O)c3ccnc(C)c3)nc3cc(OC(=O)N4CCC4)cc(Cl)c32)C1.C=COC=O.Cc1cc(C(=O)Nc2nc3cc(O)cc(Cl)c3n2[C@@H]2CCCCN(C(=O)OC(C)(C)C)C2)ccn1.Cc1cc(C(=O)Nc2nc3cc(OC(=O)N4CCC4)cc(Cl)c3n2[C@@H]2CCCCN(C(=O)OC(C)(C)C)C2)ccn1.[2H]CI. The summed E-state index contributed by atoms with van der Waals surface area (Å²) >= 11 is 22.1. The number of likely N-dealkylation sites (tertiary alicyclic amines) is 5. The fraction of sp³-hybridized carbons (Fsp3) is 0.456. The van der Waals surface area contributed by atoms with Crippen LogP contribution in [0.25, 0.3) is 33.1 Å². The van der Waals surface area contributed by atoms with E-state index in [-0.39, 0.29) is 85.9 Å². The highest BCUT2D eigenvalue weighted by atomic mass is 127. The second kappa shape index (κ2) is 47.0. The molecule has 3 aromatic carbocycles. The molecule has 33 nitrogen and oxygen atoms in total. The van der Waals surface area contributed by atoms with E-state index in [1.807, 2.05) is 98.6 Å². The maximum Gasteiger partial charge on any atom is 0.415 e. The number of ether oxygens (including phenoxy) is 5. The Morgan fingerprint density at radius 3 is 1.11 bits per heavy atom. The third-order valence-electron chi connectivity index (χ3n) is 20.6. The summed E-state index contributed by atoms with van der Waals surface area (Å²) in [6.45, 7) is 31.5. The van der Waals surface area contributed by atoms with Gasteiger partial charge in [0.15, 0.2) is 0 Å². The van der Waals surface area contributed by atoms with E-state index in [1.54, 1.807) is 104 Å². The summed E-state index contributed by atoms with van der Waals surface area (Å²) in [5.74, 6) is 0.197. The van der Waals surface area contributed by atoms with E-state index < -0.39 is 29.5 Å². The minimum atomic E-state index is -0.629. The van der Waals surface area contributed by atoms with Gasteiger partial charge in [0.2, 0.25) is 23.8 Å². The number of carbonyl (C=O) groups excluding carboxylic acids is 9. The van der Waals surface area contributed by atoms with Crippen molar-refractivity contribution in [1.82, 2.24) is 73.4 Å². The lowest BCUT2D eigenvalue weighted by atomic mass is 10.1. The Bertz CT molecular complexity index is 5410. The topological polar surface area (TPSA) is 376 Å². The van der Waals surface area contributed by atoms with Crippen LogP contribution in [0.2, 0.25) is 15.1 Å². The van der Waals surface area contributed by atoms with E-state index in [1.165, 1.54) is 37.7 Å². The summed E-state index contributed by atoms with van der Waals surface area (Å²) in [6.07, 6.45) is 16.1. The molecule has 37 heteroatoms. The molecule has 12 heterocycles. The van der Waals surface area contributed by atoms with Crippen LogP contribution in [0.4, 0.5) is 37.0 Å². The first-order valence-electron chi connectivity index (χ1n) is 42.0. The van der Waals surface area contributed by atoms with Gasteiger partial charge < -0.3 is 72.3 Å². The van der Waals surface area contributed by atoms with Crippen molar-refractivity contribution in [1.29, 1.82) is 0 Å². The number of hydrogen-bond acceptors (Lipinski definition) is 22. The van der Waals surface area contributed by atoms with Gasteiger partial charge >= 0.3 is 24.4 Å². The third-order valence-corrected chi connectivity index (χ3v) is 21.5. The molecule has 0 bridgehead atoms. The van der Waals surface area contributed by atoms with Crippen LogP contribution in [-0.2, 0) is 23.8 Å². The number of aryl methyl sites for hydroxylation is 3. The fourth-order valence-corrected chi connectivity index (χ4v) is 15.3.